The summed E-state index contributed by atoms with van der Waals surface area (Å²) in [4.78, 5) is 14.9. The second kappa shape index (κ2) is 14.6. The minimum atomic E-state index is 0.0767. The number of furan rings is 1. The SMILES string of the molecule is CC(C)c1cccc(C(C)C)c1-n1cc(-c2ccc3oc4nccc(O)c4c3n2)nc1-c1cccc2ccc(-c3c(-c4ccccc4)cccc3-c3ccccc3)cc12. The van der Waals surface area contributed by atoms with Gasteiger partial charge in [-0.1, -0.05) is 155 Å². The maximum atomic E-state index is 10.8. The van der Waals surface area contributed by atoms with Crippen LogP contribution in [-0.2, 0) is 0 Å². The van der Waals surface area contributed by atoms with Crippen molar-refractivity contribution in [2.24, 2.45) is 0 Å². The van der Waals surface area contributed by atoms with Gasteiger partial charge in [0.1, 0.15) is 28.2 Å². The Kier molecular flexibility index (Phi) is 8.90. The van der Waals surface area contributed by atoms with Crippen LogP contribution in [0.25, 0.3) is 94.8 Å². The molecule has 0 aliphatic carbocycles. The molecule has 0 aliphatic heterocycles. The van der Waals surface area contributed by atoms with Gasteiger partial charge in [0.2, 0.25) is 5.71 Å². The summed E-state index contributed by atoms with van der Waals surface area (Å²) in [6.07, 6.45) is 3.66. The molecule has 10 rings (SSSR count). The van der Waals surface area contributed by atoms with E-state index in [0.717, 1.165) is 33.4 Å². The summed E-state index contributed by atoms with van der Waals surface area (Å²) in [5.74, 6) is 1.41. The second-order valence-electron chi connectivity index (χ2n) is 15.8. The predicted octanol–water partition coefficient (Wildman–Crippen LogP) is 14.0. The molecule has 59 heavy (non-hydrogen) atoms. The third kappa shape index (κ3) is 6.25. The first-order valence-electron chi connectivity index (χ1n) is 20.2. The monoisotopic (exact) mass is 766 g/mol. The molecule has 0 saturated carbocycles. The van der Waals surface area contributed by atoms with E-state index in [0.29, 0.717) is 33.6 Å². The number of fused-ring (bicyclic) bond motifs is 4. The van der Waals surface area contributed by atoms with Crippen molar-refractivity contribution in [1.82, 2.24) is 19.5 Å². The lowest BCUT2D eigenvalue weighted by Crippen LogP contribution is -2.08. The summed E-state index contributed by atoms with van der Waals surface area (Å²) >= 11 is 0. The lowest BCUT2D eigenvalue weighted by Gasteiger charge is -2.22. The topological polar surface area (TPSA) is 77.0 Å². The van der Waals surface area contributed by atoms with Crippen LogP contribution in [0, 0.1) is 0 Å². The fourth-order valence-electron chi connectivity index (χ4n) is 8.54. The molecule has 286 valence electrons. The molecule has 6 aromatic carbocycles. The molecule has 6 nitrogen and oxygen atoms in total. The summed E-state index contributed by atoms with van der Waals surface area (Å²) in [6.45, 7) is 9.00. The standard InChI is InChI=1S/C53H42N4O2/c1-32(2)38-19-12-20-39(33(3)4)51(38)57-31-45(44-26-27-47-50(55-44)49-46(58)28-29-54-53(49)59-47)56-52(57)42-23-11-18-36-24-25-37(30-43(36)42)48-40(34-14-7-5-8-15-34)21-13-22-41(48)35-16-9-6-10-17-35/h5-33H,1-4H3,(H,54,58). The number of aromatic hydroxyl groups is 1. The van der Waals surface area contributed by atoms with Crippen molar-refractivity contribution in [3.05, 3.63) is 175 Å². The molecular weight excluding hydrogens is 725 g/mol. The first-order chi connectivity index (χ1) is 28.8. The molecule has 0 aliphatic rings. The Hall–Kier alpha value is -7.31. The smallest absolute Gasteiger partial charge is 0.232 e. The van der Waals surface area contributed by atoms with Crippen molar-refractivity contribution < 1.29 is 9.52 Å². The van der Waals surface area contributed by atoms with Crippen LogP contribution in [0.3, 0.4) is 0 Å². The van der Waals surface area contributed by atoms with Gasteiger partial charge in [0.25, 0.3) is 0 Å². The van der Waals surface area contributed by atoms with Gasteiger partial charge in [-0.15, -0.1) is 0 Å². The van der Waals surface area contributed by atoms with Gasteiger partial charge in [0.05, 0.1) is 11.4 Å². The van der Waals surface area contributed by atoms with Crippen LogP contribution in [0.2, 0.25) is 0 Å². The highest BCUT2D eigenvalue weighted by atomic mass is 16.3. The zero-order valence-electron chi connectivity index (χ0n) is 33.4. The van der Waals surface area contributed by atoms with Crippen LogP contribution < -0.4 is 0 Å². The Morgan fingerprint density at radius 1 is 0.576 bits per heavy atom. The number of hydrogen-bond acceptors (Lipinski definition) is 5. The van der Waals surface area contributed by atoms with E-state index in [9.17, 15) is 5.11 Å². The second-order valence-corrected chi connectivity index (χ2v) is 15.8. The molecule has 0 fully saturated rings. The largest absolute Gasteiger partial charge is 0.507 e. The Morgan fingerprint density at radius 3 is 1.90 bits per heavy atom. The third-order valence-corrected chi connectivity index (χ3v) is 11.4. The molecule has 0 amide bonds. The summed E-state index contributed by atoms with van der Waals surface area (Å²) in [7, 11) is 0. The summed E-state index contributed by atoms with van der Waals surface area (Å²) in [6, 6.07) is 53.3. The minimum absolute atomic E-state index is 0.0767. The van der Waals surface area contributed by atoms with Crippen LogP contribution in [-0.4, -0.2) is 24.6 Å². The van der Waals surface area contributed by atoms with E-state index >= 15 is 0 Å². The number of rotatable bonds is 8. The van der Waals surface area contributed by atoms with E-state index in [1.54, 1.807) is 6.07 Å². The molecule has 4 heterocycles. The summed E-state index contributed by atoms with van der Waals surface area (Å²) < 4.78 is 8.27. The van der Waals surface area contributed by atoms with Gasteiger partial charge in [-0.3, -0.25) is 4.57 Å². The highest BCUT2D eigenvalue weighted by Gasteiger charge is 2.24. The normalized spacial score (nSPS) is 11.8. The fourth-order valence-corrected chi connectivity index (χ4v) is 8.54. The molecule has 0 atom stereocenters. The van der Waals surface area contributed by atoms with E-state index < -0.39 is 0 Å². The molecule has 6 heteroatoms. The summed E-state index contributed by atoms with van der Waals surface area (Å²) in [5.41, 5.74) is 14.4. The van der Waals surface area contributed by atoms with E-state index in [2.05, 4.69) is 177 Å². The van der Waals surface area contributed by atoms with E-state index in [4.69, 9.17) is 14.4 Å². The van der Waals surface area contributed by atoms with Gasteiger partial charge in [0.15, 0.2) is 5.58 Å². The highest BCUT2D eigenvalue weighted by Crippen LogP contribution is 2.44. The number of aromatic nitrogens is 4. The van der Waals surface area contributed by atoms with Crippen LogP contribution in [0.1, 0.15) is 50.7 Å². The molecule has 0 bridgehead atoms. The van der Waals surface area contributed by atoms with Crippen molar-refractivity contribution in [3.63, 3.8) is 0 Å². The van der Waals surface area contributed by atoms with Gasteiger partial charge in [-0.25, -0.2) is 15.0 Å². The lowest BCUT2D eigenvalue weighted by atomic mass is 9.86. The average Bonchev–Trinajstić information content (AvgIpc) is 3.88. The molecule has 10 aromatic rings. The van der Waals surface area contributed by atoms with Gasteiger partial charge in [-0.2, -0.15) is 0 Å². The zero-order valence-corrected chi connectivity index (χ0v) is 33.4. The Morgan fingerprint density at radius 2 is 1.22 bits per heavy atom. The molecule has 0 unspecified atom stereocenters. The number of hydrogen-bond donors (Lipinski definition) is 1. The molecule has 0 radical (unpaired) electrons. The Labute approximate surface area is 343 Å². The summed E-state index contributed by atoms with van der Waals surface area (Å²) in [5, 5.41) is 13.5. The Balaban J connectivity index is 1.25. The Bertz CT molecular complexity index is 3090. The highest BCUT2D eigenvalue weighted by molar-refractivity contribution is 6.05. The molecule has 0 spiro atoms. The first kappa shape index (κ1) is 36.1. The van der Waals surface area contributed by atoms with Crippen molar-refractivity contribution in [2.75, 3.05) is 0 Å². The van der Waals surface area contributed by atoms with Crippen molar-refractivity contribution >= 4 is 33.0 Å². The predicted molar refractivity (Wildman–Crippen MR) is 241 cm³/mol. The van der Waals surface area contributed by atoms with Gasteiger partial charge >= 0.3 is 0 Å². The van der Waals surface area contributed by atoms with Crippen LogP contribution in [0.4, 0.5) is 0 Å². The fraction of sp³-hybridized carbons (Fsp3) is 0.113. The number of benzene rings is 6. The third-order valence-electron chi connectivity index (χ3n) is 11.4. The van der Waals surface area contributed by atoms with Crippen molar-refractivity contribution in [3.8, 4) is 67.6 Å². The number of para-hydroxylation sites is 1. The van der Waals surface area contributed by atoms with Crippen molar-refractivity contribution in [1.29, 1.82) is 0 Å². The molecular formula is C53H42N4O2. The van der Waals surface area contributed by atoms with E-state index in [1.807, 2.05) is 12.1 Å². The first-order valence-corrected chi connectivity index (χ1v) is 20.2. The maximum Gasteiger partial charge on any atom is 0.232 e. The molecule has 4 aromatic heterocycles. The average molecular weight is 767 g/mol. The van der Waals surface area contributed by atoms with E-state index in [1.165, 1.54) is 45.1 Å². The lowest BCUT2D eigenvalue weighted by molar-refractivity contribution is 0.480. The zero-order chi connectivity index (χ0) is 40.2. The number of imidazole rings is 1. The minimum Gasteiger partial charge on any atom is -0.507 e. The maximum absolute atomic E-state index is 10.8. The number of nitrogens with zero attached hydrogens (tertiary/aromatic N) is 4. The molecule has 0 saturated heterocycles. The van der Waals surface area contributed by atoms with Gasteiger partial charge < -0.3 is 9.52 Å². The van der Waals surface area contributed by atoms with Crippen LogP contribution >= 0.6 is 0 Å². The van der Waals surface area contributed by atoms with E-state index in [-0.39, 0.29) is 17.6 Å². The van der Waals surface area contributed by atoms with Crippen LogP contribution in [0.5, 0.6) is 5.75 Å². The van der Waals surface area contributed by atoms with Gasteiger partial charge in [-0.05, 0) is 91.4 Å². The van der Waals surface area contributed by atoms with Crippen molar-refractivity contribution in [2.45, 2.75) is 39.5 Å². The van der Waals surface area contributed by atoms with Gasteiger partial charge in [0, 0.05) is 18.0 Å². The van der Waals surface area contributed by atoms with Crippen LogP contribution in [0.15, 0.2) is 168 Å². The molecule has 1 N–H and O–H groups in total. The number of pyridine rings is 2. The quantitative estimate of drug-likeness (QED) is 0.167.